The van der Waals surface area contributed by atoms with Gasteiger partial charge in [0, 0.05) is 19.0 Å². The lowest BCUT2D eigenvalue weighted by molar-refractivity contribution is -0.131. The Morgan fingerprint density at radius 2 is 1.48 bits per heavy atom. The first-order valence-corrected chi connectivity index (χ1v) is 9.15. The van der Waals surface area contributed by atoms with Crippen molar-refractivity contribution in [1.82, 2.24) is 10.2 Å². The van der Waals surface area contributed by atoms with E-state index in [9.17, 15) is 4.79 Å². The average Bonchev–Trinajstić information content (AvgIpc) is 3.18. The van der Waals surface area contributed by atoms with Gasteiger partial charge in [0.25, 0.3) is 0 Å². The van der Waals surface area contributed by atoms with Gasteiger partial charge >= 0.3 is 0 Å². The minimum absolute atomic E-state index is 0.0321. The molecular formula is C21H22N2OS. The van der Waals surface area contributed by atoms with Crippen molar-refractivity contribution in [2.75, 3.05) is 14.1 Å². The summed E-state index contributed by atoms with van der Waals surface area (Å²) >= 11 is 1.70. The molecule has 0 saturated heterocycles. The molecule has 0 spiro atoms. The quantitative estimate of drug-likeness (QED) is 0.720. The molecule has 128 valence electrons. The molecule has 0 saturated carbocycles. The molecule has 0 unspecified atom stereocenters. The van der Waals surface area contributed by atoms with E-state index in [0.29, 0.717) is 0 Å². The van der Waals surface area contributed by atoms with E-state index >= 15 is 0 Å². The molecule has 0 aliphatic heterocycles. The van der Waals surface area contributed by atoms with E-state index in [0.717, 1.165) is 11.1 Å². The van der Waals surface area contributed by atoms with E-state index in [1.54, 1.807) is 30.3 Å². The van der Waals surface area contributed by atoms with Crippen molar-refractivity contribution in [3.05, 3.63) is 94.2 Å². The van der Waals surface area contributed by atoms with Gasteiger partial charge in [-0.15, -0.1) is 11.3 Å². The third-order valence-electron chi connectivity index (χ3n) is 4.11. The van der Waals surface area contributed by atoms with Gasteiger partial charge in [-0.05, 0) is 22.6 Å². The molecule has 3 nitrogen and oxygen atoms in total. The molecule has 2 aromatic carbocycles. The largest absolute Gasteiger partial charge is 0.347 e. The highest BCUT2D eigenvalue weighted by molar-refractivity contribution is 7.10. The molecule has 0 aliphatic rings. The van der Waals surface area contributed by atoms with Gasteiger partial charge in [-0.1, -0.05) is 66.7 Å². The van der Waals surface area contributed by atoms with E-state index in [-0.39, 0.29) is 11.9 Å². The van der Waals surface area contributed by atoms with Crippen LogP contribution in [-0.2, 0) is 4.79 Å². The van der Waals surface area contributed by atoms with Crippen LogP contribution < -0.4 is 5.32 Å². The second kappa shape index (κ2) is 8.10. The van der Waals surface area contributed by atoms with Gasteiger partial charge in [-0.25, -0.2) is 0 Å². The third kappa shape index (κ3) is 4.16. The van der Waals surface area contributed by atoms with Gasteiger partial charge < -0.3 is 4.90 Å². The Morgan fingerprint density at radius 3 is 2.00 bits per heavy atom. The Bertz CT molecular complexity index is 785. The van der Waals surface area contributed by atoms with Gasteiger partial charge in [-0.3, -0.25) is 10.1 Å². The Hall–Kier alpha value is -2.43. The highest BCUT2D eigenvalue weighted by Gasteiger charge is 2.27. The van der Waals surface area contributed by atoms with E-state index in [1.807, 2.05) is 54.6 Å². The fourth-order valence-corrected chi connectivity index (χ4v) is 3.64. The zero-order valence-corrected chi connectivity index (χ0v) is 15.2. The highest BCUT2D eigenvalue weighted by atomic mass is 32.1. The number of amides is 1. The van der Waals surface area contributed by atoms with Crippen molar-refractivity contribution >= 4 is 17.2 Å². The Balaban J connectivity index is 1.98. The minimum Gasteiger partial charge on any atom is -0.347 e. The summed E-state index contributed by atoms with van der Waals surface area (Å²) in [7, 11) is 3.59. The predicted octanol–water partition coefficient (Wildman–Crippen LogP) is 4.26. The Labute approximate surface area is 152 Å². The number of thiophene rings is 1. The number of carbonyl (C=O) groups is 1. The molecule has 1 N–H and O–H groups in total. The standard InChI is InChI=1S/C21H22N2OS/c1-23(2)21(24)20(17-12-7-4-8-13-17)22-19(18-14-9-15-25-18)16-10-5-3-6-11-16/h3-15,19-20,22H,1-2H3/t19-,20-/m1/s1. The van der Waals surface area contributed by atoms with E-state index in [2.05, 4.69) is 28.9 Å². The zero-order chi connectivity index (χ0) is 17.6. The van der Waals surface area contributed by atoms with Crippen LogP contribution in [0, 0.1) is 0 Å². The summed E-state index contributed by atoms with van der Waals surface area (Å²) in [4.78, 5) is 15.7. The molecule has 25 heavy (non-hydrogen) atoms. The van der Waals surface area contributed by atoms with Crippen molar-refractivity contribution in [3.8, 4) is 0 Å². The fraction of sp³-hybridized carbons (Fsp3) is 0.190. The van der Waals surface area contributed by atoms with Crippen LogP contribution >= 0.6 is 11.3 Å². The van der Waals surface area contributed by atoms with Crippen LogP contribution in [-0.4, -0.2) is 24.9 Å². The first kappa shape index (κ1) is 17.4. The van der Waals surface area contributed by atoms with Crippen molar-refractivity contribution in [2.45, 2.75) is 12.1 Å². The smallest absolute Gasteiger partial charge is 0.243 e. The molecule has 3 aromatic rings. The number of nitrogens with one attached hydrogen (secondary N) is 1. The normalized spacial score (nSPS) is 13.2. The second-order valence-corrected chi connectivity index (χ2v) is 7.08. The van der Waals surface area contributed by atoms with Crippen molar-refractivity contribution in [2.24, 2.45) is 0 Å². The summed E-state index contributed by atoms with van der Waals surface area (Å²) < 4.78 is 0. The highest BCUT2D eigenvalue weighted by Crippen LogP contribution is 2.29. The topological polar surface area (TPSA) is 32.3 Å². The molecule has 4 heteroatoms. The molecule has 3 rings (SSSR count). The number of rotatable bonds is 6. The van der Waals surface area contributed by atoms with Crippen LogP contribution in [0.5, 0.6) is 0 Å². The fourth-order valence-electron chi connectivity index (χ4n) is 2.82. The number of carbonyl (C=O) groups excluding carboxylic acids is 1. The Kier molecular flexibility index (Phi) is 5.64. The van der Waals surface area contributed by atoms with Crippen LogP contribution in [0.1, 0.15) is 28.1 Å². The monoisotopic (exact) mass is 350 g/mol. The summed E-state index contributed by atoms with van der Waals surface area (Å²) in [6, 6.07) is 23.9. The maximum Gasteiger partial charge on any atom is 0.243 e. The molecule has 1 heterocycles. The van der Waals surface area contributed by atoms with Crippen LogP contribution in [0.3, 0.4) is 0 Å². The third-order valence-corrected chi connectivity index (χ3v) is 5.05. The predicted molar refractivity (Wildman–Crippen MR) is 104 cm³/mol. The SMILES string of the molecule is CN(C)C(=O)[C@H](N[C@H](c1ccccc1)c1cccs1)c1ccccc1. The van der Waals surface area contributed by atoms with E-state index < -0.39 is 6.04 Å². The van der Waals surface area contributed by atoms with E-state index in [4.69, 9.17) is 0 Å². The Morgan fingerprint density at radius 1 is 0.880 bits per heavy atom. The number of hydrogen-bond donors (Lipinski definition) is 1. The zero-order valence-electron chi connectivity index (χ0n) is 14.4. The first-order valence-electron chi connectivity index (χ1n) is 8.27. The molecule has 0 radical (unpaired) electrons. The molecule has 1 amide bonds. The average molecular weight is 350 g/mol. The molecule has 1 aromatic heterocycles. The maximum absolute atomic E-state index is 12.8. The summed E-state index contributed by atoms with van der Waals surface area (Å²) in [6.07, 6.45) is 0. The van der Waals surface area contributed by atoms with Crippen LogP contribution in [0.4, 0.5) is 0 Å². The molecule has 0 fully saturated rings. The second-order valence-electron chi connectivity index (χ2n) is 6.10. The maximum atomic E-state index is 12.8. The molecule has 0 aliphatic carbocycles. The van der Waals surface area contributed by atoms with Crippen molar-refractivity contribution in [3.63, 3.8) is 0 Å². The summed E-state index contributed by atoms with van der Waals surface area (Å²) in [5.41, 5.74) is 2.12. The number of hydrogen-bond acceptors (Lipinski definition) is 3. The van der Waals surface area contributed by atoms with Crippen molar-refractivity contribution < 1.29 is 4.79 Å². The lowest BCUT2D eigenvalue weighted by Gasteiger charge is -2.27. The van der Waals surface area contributed by atoms with Gasteiger partial charge in [0.05, 0.1) is 6.04 Å². The van der Waals surface area contributed by atoms with E-state index in [1.165, 1.54) is 4.88 Å². The first-order chi connectivity index (χ1) is 12.2. The van der Waals surface area contributed by atoms with Gasteiger partial charge in [0.1, 0.15) is 6.04 Å². The lowest BCUT2D eigenvalue weighted by atomic mass is 10.0. The summed E-state index contributed by atoms with van der Waals surface area (Å²) in [5.74, 6) is 0.0451. The van der Waals surface area contributed by atoms with Gasteiger partial charge in [0.2, 0.25) is 5.91 Å². The molecular weight excluding hydrogens is 328 g/mol. The summed E-state index contributed by atoms with van der Waals surface area (Å²) in [6.45, 7) is 0. The lowest BCUT2D eigenvalue weighted by Crippen LogP contribution is -2.38. The number of nitrogens with zero attached hydrogens (tertiary/aromatic N) is 1. The van der Waals surface area contributed by atoms with Crippen LogP contribution in [0.15, 0.2) is 78.2 Å². The summed E-state index contributed by atoms with van der Waals surface area (Å²) in [5, 5.41) is 5.66. The molecule has 0 bridgehead atoms. The van der Waals surface area contributed by atoms with Gasteiger partial charge in [0.15, 0.2) is 0 Å². The van der Waals surface area contributed by atoms with Gasteiger partial charge in [-0.2, -0.15) is 0 Å². The van der Waals surface area contributed by atoms with Crippen molar-refractivity contribution in [1.29, 1.82) is 0 Å². The molecule has 2 atom stereocenters. The number of likely N-dealkylation sites (N-methyl/N-ethyl adjacent to an activating group) is 1. The minimum atomic E-state index is -0.400. The van der Waals surface area contributed by atoms with Crippen LogP contribution in [0.2, 0.25) is 0 Å². The number of benzene rings is 2. The van der Waals surface area contributed by atoms with Crippen LogP contribution in [0.25, 0.3) is 0 Å².